The van der Waals surface area contributed by atoms with Crippen molar-refractivity contribution in [3.63, 3.8) is 0 Å². The molecule has 1 aliphatic carbocycles. The highest BCUT2D eigenvalue weighted by Crippen LogP contribution is 2.49. The molecule has 1 heterocycles. The SMILES string of the molecule is COc1cc(C2CCC3(CC2)CN(C(=O)OC(C)(C)C)C3)cc(F)c1CO. The van der Waals surface area contributed by atoms with Crippen LogP contribution >= 0.6 is 0 Å². The molecule has 0 radical (unpaired) electrons. The predicted molar refractivity (Wildman–Crippen MR) is 100 cm³/mol. The summed E-state index contributed by atoms with van der Waals surface area (Å²) in [7, 11) is 1.49. The third kappa shape index (κ3) is 4.21. The smallest absolute Gasteiger partial charge is 0.410 e. The Labute approximate surface area is 160 Å². The molecule has 1 saturated heterocycles. The van der Waals surface area contributed by atoms with Gasteiger partial charge in [-0.25, -0.2) is 9.18 Å². The van der Waals surface area contributed by atoms with Gasteiger partial charge < -0.3 is 19.5 Å². The Bertz CT molecular complexity index is 697. The van der Waals surface area contributed by atoms with Gasteiger partial charge in [0.1, 0.15) is 17.2 Å². The van der Waals surface area contributed by atoms with Gasteiger partial charge in [-0.15, -0.1) is 0 Å². The molecule has 0 bridgehead atoms. The number of hydrogen-bond donors (Lipinski definition) is 1. The number of benzene rings is 1. The van der Waals surface area contributed by atoms with E-state index in [9.17, 15) is 14.3 Å². The summed E-state index contributed by atoms with van der Waals surface area (Å²) in [5.41, 5.74) is 0.850. The van der Waals surface area contributed by atoms with Crippen LogP contribution in [-0.2, 0) is 11.3 Å². The lowest BCUT2D eigenvalue weighted by molar-refractivity contribution is -0.0506. The van der Waals surface area contributed by atoms with Crippen LogP contribution in [0.25, 0.3) is 0 Å². The van der Waals surface area contributed by atoms with E-state index in [4.69, 9.17) is 9.47 Å². The van der Waals surface area contributed by atoms with Crippen molar-refractivity contribution in [1.29, 1.82) is 0 Å². The number of halogens is 1. The Kier molecular flexibility index (Phi) is 5.39. The number of carbonyl (C=O) groups excluding carboxylic acids is 1. The average molecular weight is 379 g/mol. The number of methoxy groups -OCH3 is 1. The number of nitrogens with zero attached hydrogens (tertiary/aromatic N) is 1. The van der Waals surface area contributed by atoms with Gasteiger partial charge in [-0.05, 0) is 70.1 Å². The van der Waals surface area contributed by atoms with Gasteiger partial charge in [0, 0.05) is 18.5 Å². The minimum absolute atomic E-state index is 0.182. The standard InChI is InChI=1S/C21H30FNO4/c1-20(2,3)27-19(25)23-12-21(13-23)7-5-14(6-8-21)15-9-17(22)16(11-24)18(10-15)26-4/h9-10,14,24H,5-8,11-13H2,1-4H3. The maximum absolute atomic E-state index is 14.3. The van der Waals surface area contributed by atoms with E-state index in [1.807, 2.05) is 26.8 Å². The van der Waals surface area contributed by atoms with E-state index in [0.717, 1.165) is 44.3 Å². The molecule has 1 aromatic carbocycles. The number of aliphatic hydroxyl groups is 1. The number of carbonyl (C=O) groups is 1. The summed E-state index contributed by atoms with van der Waals surface area (Å²) in [5, 5.41) is 9.32. The first-order valence-corrected chi connectivity index (χ1v) is 9.61. The minimum atomic E-state index is -0.471. The van der Waals surface area contributed by atoms with Crippen LogP contribution in [0.5, 0.6) is 5.75 Å². The molecule has 0 aromatic heterocycles. The molecule has 1 saturated carbocycles. The van der Waals surface area contributed by atoms with Crippen molar-refractivity contribution < 1.29 is 23.8 Å². The summed E-state index contributed by atoms with van der Waals surface area (Å²) in [6, 6.07) is 3.38. The van der Waals surface area contributed by atoms with E-state index in [-0.39, 0.29) is 29.6 Å². The van der Waals surface area contributed by atoms with Gasteiger partial charge in [0.05, 0.1) is 19.3 Å². The van der Waals surface area contributed by atoms with Crippen molar-refractivity contribution in [2.45, 2.75) is 64.6 Å². The summed E-state index contributed by atoms with van der Waals surface area (Å²) < 4.78 is 24.9. The molecule has 6 heteroatoms. The van der Waals surface area contributed by atoms with Crippen molar-refractivity contribution in [1.82, 2.24) is 4.90 Å². The summed E-state index contributed by atoms with van der Waals surface area (Å²) >= 11 is 0. The monoisotopic (exact) mass is 379 g/mol. The van der Waals surface area contributed by atoms with Crippen LogP contribution in [0.2, 0.25) is 0 Å². The Morgan fingerprint density at radius 1 is 1.30 bits per heavy atom. The van der Waals surface area contributed by atoms with Crippen LogP contribution in [-0.4, -0.2) is 41.9 Å². The Hall–Kier alpha value is -1.82. The van der Waals surface area contributed by atoms with E-state index >= 15 is 0 Å². The van der Waals surface area contributed by atoms with Crippen LogP contribution in [0.3, 0.4) is 0 Å². The fourth-order valence-electron chi connectivity index (χ4n) is 4.30. The molecule has 1 amide bonds. The van der Waals surface area contributed by atoms with E-state index in [1.54, 1.807) is 4.90 Å². The maximum atomic E-state index is 14.3. The lowest BCUT2D eigenvalue weighted by atomic mass is 9.65. The molecule has 1 spiro atoms. The zero-order valence-electron chi connectivity index (χ0n) is 16.7. The van der Waals surface area contributed by atoms with Crippen LogP contribution in [0.4, 0.5) is 9.18 Å². The fraction of sp³-hybridized carbons (Fsp3) is 0.667. The first-order valence-electron chi connectivity index (χ1n) is 9.61. The van der Waals surface area contributed by atoms with Gasteiger partial charge in [-0.2, -0.15) is 0 Å². The number of amides is 1. The molecule has 0 atom stereocenters. The molecule has 3 rings (SSSR count). The normalized spacial score (nSPS) is 19.7. The third-order valence-electron chi connectivity index (χ3n) is 5.78. The van der Waals surface area contributed by atoms with Gasteiger partial charge in [0.15, 0.2) is 0 Å². The Morgan fingerprint density at radius 2 is 1.93 bits per heavy atom. The largest absolute Gasteiger partial charge is 0.496 e. The van der Waals surface area contributed by atoms with Crippen LogP contribution in [0.1, 0.15) is 63.5 Å². The van der Waals surface area contributed by atoms with Crippen molar-refractivity contribution in [3.8, 4) is 5.75 Å². The average Bonchev–Trinajstić information content (AvgIpc) is 2.57. The molecule has 1 aromatic rings. The zero-order valence-corrected chi connectivity index (χ0v) is 16.7. The quantitative estimate of drug-likeness (QED) is 0.854. The first-order chi connectivity index (χ1) is 12.7. The first kappa shape index (κ1) is 19.9. The molecule has 1 aliphatic heterocycles. The molecule has 0 unspecified atom stereocenters. The summed E-state index contributed by atoms with van der Waals surface area (Å²) in [6.07, 6.45) is 3.72. The van der Waals surface area contributed by atoms with Gasteiger partial charge in [-0.3, -0.25) is 0 Å². The second kappa shape index (κ2) is 7.30. The van der Waals surface area contributed by atoms with Crippen LogP contribution in [0.15, 0.2) is 12.1 Å². The maximum Gasteiger partial charge on any atom is 0.410 e. The predicted octanol–water partition coefficient (Wildman–Crippen LogP) is 4.22. The molecule has 2 fully saturated rings. The van der Waals surface area contributed by atoms with Gasteiger partial charge in [0.25, 0.3) is 0 Å². The van der Waals surface area contributed by atoms with Crippen LogP contribution in [0, 0.1) is 11.2 Å². The second-order valence-electron chi connectivity index (χ2n) is 8.95. The molecule has 1 N–H and O–H groups in total. The molecule has 27 heavy (non-hydrogen) atoms. The van der Waals surface area contributed by atoms with Gasteiger partial charge >= 0.3 is 6.09 Å². The summed E-state index contributed by atoms with van der Waals surface area (Å²) in [6.45, 7) is 6.75. The number of ether oxygens (including phenoxy) is 2. The topological polar surface area (TPSA) is 59.0 Å². The van der Waals surface area contributed by atoms with E-state index in [0.29, 0.717) is 5.75 Å². The lowest BCUT2D eigenvalue weighted by Gasteiger charge is -2.53. The molecule has 2 aliphatic rings. The van der Waals surface area contributed by atoms with E-state index in [2.05, 4.69) is 0 Å². The number of rotatable bonds is 3. The molecular weight excluding hydrogens is 349 g/mol. The lowest BCUT2D eigenvalue weighted by Crippen LogP contribution is -2.60. The number of likely N-dealkylation sites (tertiary alicyclic amines) is 1. The van der Waals surface area contributed by atoms with E-state index < -0.39 is 11.4 Å². The van der Waals surface area contributed by atoms with Crippen LogP contribution < -0.4 is 4.74 Å². The zero-order chi connectivity index (χ0) is 19.8. The number of aliphatic hydroxyl groups excluding tert-OH is 1. The number of hydrogen-bond acceptors (Lipinski definition) is 4. The summed E-state index contributed by atoms with van der Waals surface area (Å²) in [5.74, 6) is 0.279. The fourth-order valence-corrected chi connectivity index (χ4v) is 4.30. The van der Waals surface area contributed by atoms with Crippen molar-refractivity contribution in [2.24, 2.45) is 5.41 Å². The Balaban J connectivity index is 1.59. The van der Waals surface area contributed by atoms with Gasteiger partial charge in [0.2, 0.25) is 0 Å². The molecule has 5 nitrogen and oxygen atoms in total. The van der Waals surface area contributed by atoms with Crippen molar-refractivity contribution >= 4 is 6.09 Å². The second-order valence-corrected chi connectivity index (χ2v) is 8.95. The highest BCUT2D eigenvalue weighted by molar-refractivity contribution is 5.69. The molecule has 150 valence electrons. The van der Waals surface area contributed by atoms with Crippen molar-refractivity contribution in [2.75, 3.05) is 20.2 Å². The van der Waals surface area contributed by atoms with Gasteiger partial charge in [-0.1, -0.05) is 0 Å². The highest BCUT2D eigenvalue weighted by Gasteiger charge is 2.48. The minimum Gasteiger partial charge on any atom is -0.496 e. The van der Waals surface area contributed by atoms with E-state index in [1.165, 1.54) is 13.2 Å². The molecular formula is C21H30FNO4. The third-order valence-corrected chi connectivity index (χ3v) is 5.78. The highest BCUT2D eigenvalue weighted by atomic mass is 19.1. The Morgan fingerprint density at radius 3 is 2.44 bits per heavy atom. The van der Waals surface area contributed by atoms with Crippen molar-refractivity contribution in [3.05, 3.63) is 29.1 Å². The summed E-state index contributed by atoms with van der Waals surface area (Å²) in [4.78, 5) is 13.9.